The monoisotopic (exact) mass is 320 g/mol. The van der Waals surface area contributed by atoms with Crippen LogP contribution in [0.5, 0.6) is 0 Å². The van der Waals surface area contributed by atoms with Crippen LogP contribution in [0.2, 0.25) is 0 Å². The summed E-state index contributed by atoms with van der Waals surface area (Å²) in [5.74, 6) is 0. The zero-order chi connectivity index (χ0) is 16.8. The Hall–Kier alpha value is -3.04. The van der Waals surface area contributed by atoms with Crippen molar-refractivity contribution < 1.29 is 5.02 Å². The van der Waals surface area contributed by atoms with Gasteiger partial charge in [-0.3, -0.25) is 0 Å². The van der Waals surface area contributed by atoms with E-state index in [1.165, 1.54) is 32.6 Å². The zero-order valence-corrected chi connectivity index (χ0v) is 13.6. The van der Waals surface area contributed by atoms with Gasteiger partial charge in [0.05, 0.1) is 11.0 Å². The lowest BCUT2D eigenvalue weighted by Crippen LogP contribution is -2.12. The third-order valence-corrected chi connectivity index (χ3v) is 4.86. The van der Waals surface area contributed by atoms with Crippen LogP contribution in [0.25, 0.3) is 38.3 Å². The summed E-state index contributed by atoms with van der Waals surface area (Å²) in [6, 6.07) is 29.4. The smallest absolute Gasteiger partial charge is 0.326 e. The summed E-state index contributed by atoms with van der Waals surface area (Å²) in [4.78, 5) is 0. The van der Waals surface area contributed by atoms with Crippen molar-refractivity contribution in [3.63, 3.8) is 0 Å². The van der Waals surface area contributed by atoms with E-state index in [0.29, 0.717) is 0 Å². The second kappa shape index (κ2) is 5.50. The Morgan fingerprint density at radius 3 is 2.16 bits per heavy atom. The van der Waals surface area contributed by atoms with E-state index in [1.54, 1.807) is 0 Å². The molecule has 25 heavy (non-hydrogen) atoms. The van der Waals surface area contributed by atoms with E-state index >= 15 is 0 Å². The summed E-state index contributed by atoms with van der Waals surface area (Å²) in [6.07, 6.45) is 0. The van der Waals surface area contributed by atoms with Crippen molar-refractivity contribution in [3.8, 4) is 5.69 Å². The number of benzene rings is 4. The van der Waals surface area contributed by atoms with Crippen molar-refractivity contribution >= 4 is 45.5 Å². The molecule has 4 aromatic carbocycles. The van der Waals surface area contributed by atoms with Gasteiger partial charge in [-0.15, -0.1) is 0 Å². The highest BCUT2D eigenvalue weighted by Gasteiger charge is 2.14. The third kappa shape index (κ3) is 2.10. The molecule has 2 nitrogen and oxygen atoms in total. The molecule has 1 radical (unpaired) electrons. The summed E-state index contributed by atoms with van der Waals surface area (Å²) < 4.78 is 2.29. The van der Waals surface area contributed by atoms with Crippen LogP contribution in [0, 0.1) is 0 Å². The molecule has 0 atom stereocenters. The maximum Gasteiger partial charge on any atom is 0.326 e. The van der Waals surface area contributed by atoms with Gasteiger partial charge in [0.15, 0.2) is 0 Å². The summed E-state index contributed by atoms with van der Waals surface area (Å²) >= 11 is 0. The lowest BCUT2D eigenvalue weighted by molar-refractivity contribution is 0.615. The summed E-state index contributed by atoms with van der Waals surface area (Å²) in [5.41, 5.74) is 4.28. The minimum absolute atomic E-state index is 0.801. The minimum atomic E-state index is 0.801. The normalized spacial score (nSPS) is 11.4. The molecule has 1 heterocycles. The maximum absolute atomic E-state index is 9.19. The number of hydrogen-bond acceptors (Lipinski definition) is 1. The molecule has 0 bridgehead atoms. The van der Waals surface area contributed by atoms with Gasteiger partial charge < -0.3 is 9.59 Å². The summed E-state index contributed by atoms with van der Waals surface area (Å²) in [7, 11) is 1.13. The molecule has 0 aliphatic rings. The Morgan fingerprint density at radius 1 is 0.640 bits per heavy atom. The fraction of sp³-hybridized carbons (Fsp3) is 0. The van der Waals surface area contributed by atoms with Crippen molar-refractivity contribution in [2.24, 2.45) is 0 Å². The Kier molecular flexibility index (Phi) is 3.15. The Balaban J connectivity index is 1.95. The van der Waals surface area contributed by atoms with Crippen LogP contribution in [-0.2, 0) is 0 Å². The number of para-hydroxylation sites is 1. The largest absolute Gasteiger partial charge is 0.450 e. The van der Waals surface area contributed by atoms with E-state index in [2.05, 4.69) is 65.2 Å². The van der Waals surface area contributed by atoms with E-state index in [9.17, 15) is 5.02 Å². The van der Waals surface area contributed by atoms with E-state index in [1.807, 2.05) is 24.3 Å². The van der Waals surface area contributed by atoms with E-state index in [4.69, 9.17) is 0 Å². The first-order chi connectivity index (χ1) is 12.4. The zero-order valence-electron chi connectivity index (χ0n) is 13.6. The molecule has 0 aliphatic carbocycles. The van der Waals surface area contributed by atoms with Gasteiger partial charge in [-0.2, -0.15) is 0 Å². The fourth-order valence-electron chi connectivity index (χ4n) is 3.73. The van der Waals surface area contributed by atoms with Crippen molar-refractivity contribution in [3.05, 3.63) is 84.9 Å². The average Bonchev–Trinajstić information content (AvgIpc) is 3.03. The van der Waals surface area contributed by atoms with Crippen LogP contribution in [0.15, 0.2) is 84.9 Å². The first-order valence-electron chi connectivity index (χ1n) is 8.35. The molecular weight excluding hydrogens is 305 g/mol. The fourth-order valence-corrected chi connectivity index (χ4v) is 3.73. The van der Waals surface area contributed by atoms with E-state index in [-0.39, 0.29) is 0 Å². The van der Waals surface area contributed by atoms with Gasteiger partial charge in [0.1, 0.15) is 0 Å². The van der Waals surface area contributed by atoms with Gasteiger partial charge in [-0.1, -0.05) is 66.1 Å². The SMILES string of the molecule is O[B]c1ccc(-n2c3ccccc3c3c4ccccc4ccc32)cc1. The van der Waals surface area contributed by atoms with Crippen LogP contribution in [0.3, 0.4) is 0 Å². The molecule has 0 saturated heterocycles. The highest BCUT2D eigenvalue weighted by atomic mass is 16.2. The van der Waals surface area contributed by atoms with Crippen molar-refractivity contribution in [2.75, 3.05) is 0 Å². The lowest BCUT2D eigenvalue weighted by Gasteiger charge is -2.08. The van der Waals surface area contributed by atoms with Crippen LogP contribution in [0.4, 0.5) is 0 Å². The molecule has 0 aliphatic heterocycles. The molecule has 1 aromatic heterocycles. The minimum Gasteiger partial charge on any atom is -0.450 e. The van der Waals surface area contributed by atoms with Crippen molar-refractivity contribution in [1.29, 1.82) is 0 Å². The van der Waals surface area contributed by atoms with Crippen molar-refractivity contribution in [2.45, 2.75) is 0 Å². The molecule has 5 rings (SSSR count). The number of aromatic nitrogens is 1. The second-order valence-corrected chi connectivity index (χ2v) is 6.25. The topological polar surface area (TPSA) is 25.2 Å². The first-order valence-corrected chi connectivity index (χ1v) is 8.35. The van der Waals surface area contributed by atoms with E-state index < -0.39 is 0 Å². The molecule has 3 heteroatoms. The molecule has 0 spiro atoms. The van der Waals surface area contributed by atoms with Gasteiger partial charge in [-0.25, -0.2) is 0 Å². The predicted molar refractivity (Wildman–Crippen MR) is 106 cm³/mol. The lowest BCUT2D eigenvalue weighted by atomic mass is 9.89. The second-order valence-electron chi connectivity index (χ2n) is 6.25. The Morgan fingerprint density at radius 2 is 1.36 bits per heavy atom. The first kappa shape index (κ1) is 14.3. The molecule has 0 amide bonds. The summed E-state index contributed by atoms with van der Waals surface area (Å²) in [6.45, 7) is 0. The van der Waals surface area contributed by atoms with E-state index in [0.717, 1.165) is 18.6 Å². The summed E-state index contributed by atoms with van der Waals surface area (Å²) in [5, 5.41) is 14.3. The highest BCUT2D eigenvalue weighted by molar-refractivity contribution is 6.45. The van der Waals surface area contributed by atoms with Gasteiger partial charge >= 0.3 is 7.48 Å². The third-order valence-electron chi connectivity index (χ3n) is 4.86. The molecule has 1 N–H and O–H groups in total. The molecule has 0 saturated carbocycles. The number of hydrogen-bond donors (Lipinski definition) is 1. The quantitative estimate of drug-likeness (QED) is 0.485. The van der Waals surface area contributed by atoms with Crippen LogP contribution >= 0.6 is 0 Å². The standard InChI is InChI=1S/C22H15BNO/c25-23-16-10-12-17(13-11-16)24-20-8-4-3-7-19(20)22-18-6-2-1-5-15(18)9-14-21(22)24/h1-14,25H. The van der Waals surface area contributed by atoms with Crippen LogP contribution < -0.4 is 5.46 Å². The Bertz CT molecular complexity index is 1220. The van der Waals surface area contributed by atoms with Gasteiger partial charge in [-0.05, 0) is 35.0 Å². The predicted octanol–water partition coefficient (Wildman–Crippen LogP) is 4.17. The van der Waals surface area contributed by atoms with Gasteiger partial charge in [0.2, 0.25) is 0 Å². The number of fused-ring (bicyclic) bond motifs is 5. The molecular formula is C22H15BNO. The average molecular weight is 320 g/mol. The van der Waals surface area contributed by atoms with Crippen LogP contribution in [0.1, 0.15) is 0 Å². The van der Waals surface area contributed by atoms with Gasteiger partial charge in [0.25, 0.3) is 0 Å². The molecule has 0 fully saturated rings. The molecule has 5 aromatic rings. The molecule has 117 valence electrons. The highest BCUT2D eigenvalue weighted by Crippen LogP contribution is 2.36. The van der Waals surface area contributed by atoms with Crippen LogP contribution in [-0.4, -0.2) is 17.1 Å². The molecule has 0 unspecified atom stereocenters. The number of nitrogens with zero attached hydrogens (tertiary/aromatic N) is 1. The van der Waals surface area contributed by atoms with Crippen molar-refractivity contribution in [1.82, 2.24) is 4.57 Å². The maximum atomic E-state index is 9.19. The number of rotatable bonds is 2. The van der Waals surface area contributed by atoms with Gasteiger partial charge in [0, 0.05) is 16.5 Å². The Labute approximate surface area is 146 Å².